The number of benzene rings is 5. The molecular formula is C42H30F4N6O4. The van der Waals surface area contributed by atoms with E-state index in [1.165, 1.54) is 31.2 Å². The molecule has 56 heavy (non-hydrogen) atoms. The topological polar surface area (TPSA) is 127 Å². The maximum absolute atomic E-state index is 16.1. The number of aromatic amines is 1. The lowest BCUT2D eigenvalue weighted by Gasteiger charge is -2.27. The smallest absolute Gasteiger partial charge is 0.278 e. The van der Waals surface area contributed by atoms with Crippen molar-refractivity contribution in [3.8, 4) is 28.7 Å². The molecule has 2 unspecified atom stereocenters. The second-order valence-electron chi connectivity index (χ2n) is 14.0. The molecule has 2 aliphatic heterocycles. The van der Waals surface area contributed by atoms with Gasteiger partial charge in [0.05, 0.1) is 40.9 Å². The SMILES string of the molecule is Cc1[nH]nc2c(F)cc(C(=O)Nc3ccc4c(c3)nc(Cc3c(F)cc(-c5cccc6c5OC(C)(c5ccc(C#N)cc5F)O6)cc3F)n4CC3CCO3)cc12. The Morgan fingerprint density at radius 2 is 1.80 bits per heavy atom. The molecule has 2 aromatic heterocycles. The highest BCUT2D eigenvalue weighted by atomic mass is 19.1. The molecule has 10 nitrogen and oxygen atoms in total. The largest absolute Gasteiger partial charge is 0.444 e. The predicted molar refractivity (Wildman–Crippen MR) is 197 cm³/mol. The van der Waals surface area contributed by atoms with Crippen LogP contribution in [0.3, 0.4) is 0 Å². The van der Waals surface area contributed by atoms with Crippen molar-refractivity contribution in [3.63, 3.8) is 0 Å². The van der Waals surface area contributed by atoms with Gasteiger partial charge in [0, 0.05) is 53.4 Å². The highest BCUT2D eigenvalue weighted by Crippen LogP contribution is 2.50. The third-order valence-electron chi connectivity index (χ3n) is 10.3. The van der Waals surface area contributed by atoms with Crippen LogP contribution in [0.25, 0.3) is 33.1 Å². The van der Waals surface area contributed by atoms with Crippen molar-refractivity contribution in [2.45, 2.75) is 45.1 Å². The fourth-order valence-corrected chi connectivity index (χ4v) is 7.26. The van der Waals surface area contributed by atoms with Gasteiger partial charge >= 0.3 is 0 Å². The number of hydrogen-bond donors (Lipinski definition) is 2. The van der Waals surface area contributed by atoms with Crippen LogP contribution < -0.4 is 14.8 Å². The Morgan fingerprint density at radius 3 is 2.54 bits per heavy atom. The number of nitrogens with zero attached hydrogens (tertiary/aromatic N) is 4. The van der Waals surface area contributed by atoms with Crippen LogP contribution in [0.15, 0.2) is 78.9 Å². The van der Waals surface area contributed by atoms with Gasteiger partial charge in [0.1, 0.15) is 28.8 Å². The molecule has 0 aliphatic carbocycles. The number of rotatable bonds is 8. The Hall–Kier alpha value is -6.72. The molecule has 1 fully saturated rings. The van der Waals surface area contributed by atoms with Crippen molar-refractivity contribution in [2.24, 2.45) is 0 Å². The number of nitriles is 1. The van der Waals surface area contributed by atoms with Gasteiger partial charge in [-0.1, -0.05) is 12.1 Å². The van der Waals surface area contributed by atoms with Crippen molar-refractivity contribution in [3.05, 3.63) is 136 Å². The maximum Gasteiger partial charge on any atom is 0.278 e. The van der Waals surface area contributed by atoms with E-state index in [2.05, 4.69) is 15.5 Å². The van der Waals surface area contributed by atoms with Crippen LogP contribution in [-0.4, -0.2) is 38.4 Å². The lowest BCUT2D eigenvalue weighted by Crippen LogP contribution is -2.32. The van der Waals surface area contributed by atoms with Gasteiger partial charge in [0.2, 0.25) is 0 Å². The van der Waals surface area contributed by atoms with Crippen molar-refractivity contribution in [1.29, 1.82) is 5.26 Å². The summed E-state index contributed by atoms with van der Waals surface area (Å²) < 4.78 is 81.6. The van der Waals surface area contributed by atoms with Crippen molar-refractivity contribution >= 4 is 33.5 Å². The normalized spacial score (nSPS) is 17.3. The number of fused-ring (bicyclic) bond motifs is 3. The maximum atomic E-state index is 16.1. The fourth-order valence-electron chi connectivity index (χ4n) is 7.26. The molecule has 0 saturated carbocycles. The quantitative estimate of drug-likeness (QED) is 0.149. The van der Waals surface area contributed by atoms with Crippen LogP contribution in [0, 0.1) is 41.5 Å². The zero-order chi connectivity index (χ0) is 38.9. The number of amides is 1. The number of anilines is 1. The van der Waals surface area contributed by atoms with Gasteiger partial charge in [-0.3, -0.25) is 9.89 Å². The van der Waals surface area contributed by atoms with Crippen LogP contribution in [0.4, 0.5) is 23.2 Å². The number of carbonyl (C=O) groups is 1. The summed E-state index contributed by atoms with van der Waals surface area (Å²) in [5.41, 5.74) is 2.89. The summed E-state index contributed by atoms with van der Waals surface area (Å²) in [6.45, 7) is 4.26. The first kappa shape index (κ1) is 35.0. The molecule has 2 N–H and O–H groups in total. The molecule has 1 saturated heterocycles. The van der Waals surface area contributed by atoms with E-state index < -0.39 is 35.0 Å². The number of nitrogens with one attached hydrogen (secondary N) is 2. The number of aryl methyl sites for hydroxylation is 1. The van der Waals surface area contributed by atoms with Crippen LogP contribution in [-0.2, 0) is 23.5 Å². The lowest BCUT2D eigenvalue weighted by molar-refractivity contribution is -0.0705. The minimum absolute atomic E-state index is 0.0498. The van der Waals surface area contributed by atoms with Crippen LogP contribution >= 0.6 is 0 Å². The molecule has 2 aliphatic rings. The number of para-hydroxylation sites is 1. The second-order valence-corrected chi connectivity index (χ2v) is 14.0. The number of imidazole rings is 1. The molecule has 7 aromatic rings. The highest BCUT2D eigenvalue weighted by molar-refractivity contribution is 6.07. The molecule has 4 heterocycles. The fraction of sp³-hybridized carbons (Fsp3) is 0.190. The summed E-state index contributed by atoms with van der Waals surface area (Å²) in [5, 5.41) is 19.1. The summed E-state index contributed by atoms with van der Waals surface area (Å²) in [4.78, 5) is 18.0. The number of carbonyl (C=O) groups excluding carboxylic acids is 1. The number of ether oxygens (including phenoxy) is 3. The molecule has 0 radical (unpaired) electrons. The van der Waals surface area contributed by atoms with Gasteiger partial charge < -0.3 is 24.1 Å². The first-order chi connectivity index (χ1) is 27.0. The average Bonchev–Trinajstić information content (AvgIpc) is 3.82. The molecule has 5 aromatic carbocycles. The standard InChI is InChI=1S/C42H30F4N6O4/c1-21-28-13-24(16-34(46)39(28)51-50-21)41(53)48-25-7-9-36-35(17-25)49-38(52(36)20-26-10-11-54-26)18-29-31(43)14-23(15-32(29)44)27-4-3-5-37-40(27)56-42(2,55-37)30-8-6-22(19-47)12-33(30)45/h3-9,12-17,26H,10-11,18,20H2,1-2H3,(H,48,53)(H,50,51). The van der Waals surface area contributed by atoms with E-state index in [9.17, 15) is 9.18 Å². The van der Waals surface area contributed by atoms with E-state index in [1.807, 2.05) is 10.6 Å². The first-order valence-electron chi connectivity index (χ1n) is 17.7. The number of H-pyrrole nitrogens is 1. The average molecular weight is 759 g/mol. The lowest BCUT2D eigenvalue weighted by atomic mass is 10.00. The van der Waals surface area contributed by atoms with Crippen LogP contribution in [0.5, 0.6) is 11.5 Å². The molecule has 14 heteroatoms. The number of aromatic nitrogens is 4. The number of halogens is 4. The zero-order valence-electron chi connectivity index (χ0n) is 29.8. The third kappa shape index (κ3) is 5.97. The summed E-state index contributed by atoms with van der Waals surface area (Å²) in [5.74, 6) is -4.30. The predicted octanol–water partition coefficient (Wildman–Crippen LogP) is 8.59. The van der Waals surface area contributed by atoms with Gasteiger partial charge in [-0.05, 0) is 85.6 Å². The van der Waals surface area contributed by atoms with Gasteiger partial charge in [-0.2, -0.15) is 10.4 Å². The summed E-state index contributed by atoms with van der Waals surface area (Å²) in [6.07, 6.45) is 0.503. The van der Waals surface area contributed by atoms with Crippen molar-refractivity contribution in [1.82, 2.24) is 19.7 Å². The molecule has 280 valence electrons. The van der Waals surface area contributed by atoms with Gasteiger partial charge in [-0.25, -0.2) is 22.5 Å². The molecule has 0 spiro atoms. The van der Waals surface area contributed by atoms with Crippen molar-refractivity contribution in [2.75, 3.05) is 11.9 Å². The second kappa shape index (κ2) is 13.2. The molecule has 0 bridgehead atoms. The highest BCUT2D eigenvalue weighted by Gasteiger charge is 2.42. The zero-order valence-corrected chi connectivity index (χ0v) is 29.8. The Labute approximate surface area is 316 Å². The van der Waals surface area contributed by atoms with Gasteiger partial charge in [0.15, 0.2) is 17.3 Å². The van der Waals surface area contributed by atoms with Crippen molar-refractivity contribution < 1.29 is 36.6 Å². The molecule has 2 atom stereocenters. The van der Waals surface area contributed by atoms with E-state index in [0.29, 0.717) is 52.3 Å². The Bertz CT molecular complexity index is 2780. The van der Waals surface area contributed by atoms with E-state index in [1.54, 1.807) is 49.4 Å². The van der Waals surface area contributed by atoms with E-state index >= 15 is 13.2 Å². The number of hydrogen-bond acceptors (Lipinski definition) is 7. The Balaban J connectivity index is 1.01. The van der Waals surface area contributed by atoms with E-state index in [4.69, 9.17) is 24.5 Å². The summed E-state index contributed by atoms with van der Waals surface area (Å²) in [7, 11) is 0. The van der Waals surface area contributed by atoms with Crippen LogP contribution in [0.1, 0.15) is 51.9 Å². The van der Waals surface area contributed by atoms with Gasteiger partial charge in [0.25, 0.3) is 11.7 Å². The minimum atomic E-state index is -1.61. The first-order valence-corrected chi connectivity index (χ1v) is 17.7. The molecule has 9 rings (SSSR count). The van der Waals surface area contributed by atoms with E-state index in [-0.39, 0.29) is 57.4 Å². The minimum Gasteiger partial charge on any atom is -0.444 e. The Morgan fingerprint density at radius 1 is 1.00 bits per heavy atom. The summed E-state index contributed by atoms with van der Waals surface area (Å²) in [6, 6.07) is 20.9. The molecule has 1 amide bonds. The van der Waals surface area contributed by atoms with Gasteiger partial charge in [-0.15, -0.1) is 0 Å². The third-order valence-corrected chi connectivity index (χ3v) is 10.3. The molecular weight excluding hydrogens is 728 g/mol. The monoisotopic (exact) mass is 758 g/mol. The Kier molecular flexibility index (Phi) is 8.28. The summed E-state index contributed by atoms with van der Waals surface area (Å²) >= 11 is 0. The van der Waals surface area contributed by atoms with E-state index in [0.717, 1.165) is 18.6 Å². The van der Waals surface area contributed by atoms with Crippen LogP contribution in [0.2, 0.25) is 0 Å².